The third-order valence-electron chi connectivity index (χ3n) is 2.50. The molecule has 1 aromatic carbocycles. The molecule has 0 spiro atoms. The number of rotatable bonds is 3. The average molecular weight is 259 g/mol. The van der Waals surface area contributed by atoms with Gasteiger partial charge in [0.1, 0.15) is 11.6 Å². The molecule has 0 aliphatic heterocycles. The minimum absolute atomic E-state index is 0.0386. The van der Waals surface area contributed by atoms with E-state index in [9.17, 15) is 14.9 Å². The molecule has 1 rings (SSSR count). The first-order chi connectivity index (χ1) is 8.86. The number of nitrogens with zero attached hydrogens (tertiary/aromatic N) is 3. The summed E-state index contributed by atoms with van der Waals surface area (Å²) < 4.78 is 0. The fourth-order valence-corrected chi connectivity index (χ4v) is 1.46. The van der Waals surface area contributed by atoms with E-state index in [1.807, 2.05) is 0 Å². The highest BCUT2D eigenvalue weighted by Gasteiger charge is 2.13. The highest BCUT2D eigenvalue weighted by molar-refractivity contribution is 6.01. The summed E-state index contributed by atoms with van der Waals surface area (Å²) in [6.07, 6.45) is 1.34. The lowest BCUT2D eigenvalue weighted by atomic mass is 10.1. The summed E-state index contributed by atoms with van der Waals surface area (Å²) in [5, 5.41) is 19.8. The van der Waals surface area contributed by atoms with Crippen LogP contribution in [0, 0.1) is 28.4 Å². The van der Waals surface area contributed by atoms with Gasteiger partial charge in [-0.25, -0.2) is 0 Å². The van der Waals surface area contributed by atoms with Gasteiger partial charge in [-0.1, -0.05) is 12.1 Å². The first-order valence-electron chi connectivity index (χ1n) is 5.45. The third kappa shape index (κ3) is 3.39. The van der Waals surface area contributed by atoms with E-state index >= 15 is 0 Å². The van der Waals surface area contributed by atoms with Crippen LogP contribution in [0.5, 0.6) is 0 Å². The Morgan fingerprint density at radius 3 is 2.58 bits per heavy atom. The maximum absolute atomic E-state index is 11.7. The first-order valence-corrected chi connectivity index (χ1v) is 5.45. The molecule has 0 aliphatic rings. The van der Waals surface area contributed by atoms with Crippen molar-refractivity contribution in [3.8, 4) is 6.07 Å². The lowest BCUT2D eigenvalue weighted by molar-refractivity contribution is -0.385. The number of carbonyl (C=O) groups is 1. The SMILES string of the molecule is Cc1ccc(/C=C(/C#N)C(=O)N(C)C)cc1[N+](=O)[O-]. The van der Waals surface area contributed by atoms with E-state index in [4.69, 9.17) is 5.26 Å². The first kappa shape index (κ1) is 14.4. The topological polar surface area (TPSA) is 87.2 Å². The fourth-order valence-electron chi connectivity index (χ4n) is 1.46. The van der Waals surface area contributed by atoms with Crippen molar-refractivity contribution in [3.05, 3.63) is 45.0 Å². The number of hydrogen-bond donors (Lipinski definition) is 0. The molecule has 6 nitrogen and oxygen atoms in total. The van der Waals surface area contributed by atoms with E-state index in [1.54, 1.807) is 25.1 Å². The van der Waals surface area contributed by atoms with Crippen LogP contribution in [-0.4, -0.2) is 29.8 Å². The van der Waals surface area contributed by atoms with Crippen molar-refractivity contribution < 1.29 is 9.72 Å². The molecule has 0 heterocycles. The Bertz CT molecular complexity index is 598. The molecule has 0 N–H and O–H groups in total. The van der Waals surface area contributed by atoms with Gasteiger partial charge in [0.25, 0.3) is 11.6 Å². The molecule has 1 aromatic rings. The van der Waals surface area contributed by atoms with Gasteiger partial charge in [0.05, 0.1) is 4.92 Å². The molecule has 6 heteroatoms. The minimum atomic E-state index is -0.494. The van der Waals surface area contributed by atoms with Crippen LogP contribution in [0.15, 0.2) is 23.8 Å². The van der Waals surface area contributed by atoms with Crippen LogP contribution in [0.1, 0.15) is 11.1 Å². The zero-order chi connectivity index (χ0) is 14.6. The molecule has 0 radical (unpaired) electrons. The third-order valence-corrected chi connectivity index (χ3v) is 2.50. The monoisotopic (exact) mass is 259 g/mol. The van der Waals surface area contributed by atoms with Gasteiger partial charge < -0.3 is 4.90 Å². The number of nitro benzene ring substituents is 1. The molecule has 98 valence electrons. The van der Waals surface area contributed by atoms with E-state index in [2.05, 4.69) is 0 Å². The van der Waals surface area contributed by atoms with Crippen molar-refractivity contribution >= 4 is 17.7 Å². The predicted molar refractivity (Wildman–Crippen MR) is 70.1 cm³/mol. The smallest absolute Gasteiger partial charge is 0.272 e. The molecular weight excluding hydrogens is 246 g/mol. The average Bonchev–Trinajstić information content (AvgIpc) is 2.36. The Labute approximate surface area is 110 Å². The number of hydrogen-bond acceptors (Lipinski definition) is 4. The van der Waals surface area contributed by atoms with Crippen LogP contribution in [0.4, 0.5) is 5.69 Å². The van der Waals surface area contributed by atoms with Crippen LogP contribution in [0.25, 0.3) is 6.08 Å². The maximum Gasteiger partial charge on any atom is 0.272 e. The summed E-state index contributed by atoms with van der Waals surface area (Å²) >= 11 is 0. The Hall–Kier alpha value is -2.68. The van der Waals surface area contributed by atoms with Gasteiger partial charge in [0.2, 0.25) is 0 Å². The molecule has 0 atom stereocenters. The van der Waals surface area contributed by atoms with Crippen molar-refractivity contribution in [2.45, 2.75) is 6.92 Å². The Morgan fingerprint density at radius 2 is 2.11 bits per heavy atom. The van der Waals surface area contributed by atoms with Crippen molar-refractivity contribution in [3.63, 3.8) is 0 Å². The van der Waals surface area contributed by atoms with Crippen LogP contribution in [0.3, 0.4) is 0 Å². The van der Waals surface area contributed by atoms with Gasteiger partial charge in [-0.2, -0.15) is 5.26 Å². The lowest BCUT2D eigenvalue weighted by Crippen LogP contribution is -2.22. The summed E-state index contributed by atoms with van der Waals surface area (Å²) in [6, 6.07) is 6.35. The zero-order valence-electron chi connectivity index (χ0n) is 10.9. The van der Waals surface area contributed by atoms with Gasteiger partial charge in [-0.05, 0) is 18.6 Å². The molecular formula is C13H13N3O3. The summed E-state index contributed by atoms with van der Waals surface area (Å²) in [5.74, 6) is -0.439. The lowest BCUT2D eigenvalue weighted by Gasteiger charge is -2.08. The number of likely N-dealkylation sites (N-methyl/N-ethyl adjacent to an activating group) is 1. The van der Waals surface area contributed by atoms with E-state index in [0.29, 0.717) is 11.1 Å². The van der Waals surface area contributed by atoms with Crippen LogP contribution in [-0.2, 0) is 4.79 Å². The van der Waals surface area contributed by atoms with E-state index in [1.165, 1.54) is 31.1 Å². The second-order valence-corrected chi connectivity index (χ2v) is 4.17. The molecule has 0 saturated heterocycles. The second-order valence-electron chi connectivity index (χ2n) is 4.17. The van der Waals surface area contributed by atoms with Gasteiger partial charge >= 0.3 is 0 Å². The molecule has 0 fully saturated rings. The van der Waals surface area contributed by atoms with E-state index in [0.717, 1.165) is 0 Å². The summed E-state index contributed by atoms with van der Waals surface area (Å²) in [6.45, 7) is 1.63. The number of nitriles is 1. The highest BCUT2D eigenvalue weighted by atomic mass is 16.6. The van der Waals surface area contributed by atoms with Gasteiger partial charge in [-0.15, -0.1) is 0 Å². The number of amides is 1. The number of aryl methyl sites for hydroxylation is 1. The Kier molecular flexibility index (Phi) is 4.37. The largest absolute Gasteiger partial charge is 0.344 e. The highest BCUT2D eigenvalue weighted by Crippen LogP contribution is 2.21. The van der Waals surface area contributed by atoms with Crippen molar-refractivity contribution in [1.29, 1.82) is 5.26 Å². The quantitative estimate of drug-likeness (QED) is 0.359. The number of benzene rings is 1. The molecule has 1 amide bonds. The summed E-state index contributed by atoms with van der Waals surface area (Å²) in [4.78, 5) is 23.3. The molecule has 0 aromatic heterocycles. The fraction of sp³-hybridized carbons (Fsp3) is 0.231. The summed E-state index contributed by atoms with van der Waals surface area (Å²) in [5.41, 5.74) is 0.870. The summed E-state index contributed by atoms with van der Waals surface area (Å²) in [7, 11) is 3.07. The standard InChI is InChI=1S/C13H13N3O3/c1-9-4-5-10(7-12(9)16(18)19)6-11(8-14)13(17)15(2)3/h4-7H,1-3H3/b11-6-. The molecule has 0 unspecified atom stereocenters. The van der Waals surface area contributed by atoms with Crippen molar-refractivity contribution in [2.24, 2.45) is 0 Å². The van der Waals surface area contributed by atoms with Crippen LogP contribution in [0.2, 0.25) is 0 Å². The van der Waals surface area contributed by atoms with Gasteiger partial charge in [0, 0.05) is 25.7 Å². The second kappa shape index (κ2) is 5.78. The maximum atomic E-state index is 11.7. The normalized spacial score (nSPS) is 10.7. The molecule has 0 saturated carbocycles. The van der Waals surface area contributed by atoms with Gasteiger partial charge in [0.15, 0.2) is 0 Å². The van der Waals surface area contributed by atoms with E-state index < -0.39 is 10.8 Å². The number of carbonyl (C=O) groups excluding carboxylic acids is 1. The minimum Gasteiger partial charge on any atom is -0.344 e. The van der Waals surface area contributed by atoms with Gasteiger partial charge in [-0.3, -0.25) is 14.9 Å². The van der Waals surface area contributed by atoms with E-state index in [-0.39, 0.29) is 11.3 Å². The predicted octanol–water partition coefficient (Wildman–Crippen LogP) is 1.90. The van der Waals surface area contributed by atoms with Crippen LogP contribution < -0.4 is 0 Å². The zero-order valence-corrected chi connectivity index (χ0v) is 10.9. The molecule has 19 heavy (non-hydrogen) atoms. The van der Waals surface area contributed by atoms with Crippen LogP contribution >= 0.6 is 0 Å². The van der Waals surface area contributed by atoms with Crippen molar-refractivity contribution in [1.82, 2.24) is 4.90 Å². The Balaban J connectivity index is 3.24. The molecule has 0 bridgehead atoms. The van der Waals surface area contributed by atoms with Crippen molar-refractivity contribution in [2.75, 3.05) is 14.1 Å². The molecule has 0 aliphatic carbocycles. The number of nitro groups is 1. The Morgan fingerprint density at radius 1 is 1.47 bits per heavy atom.